The van der Waals surface area contributed by atoms with E-state index in [9.17, 15) is 5.11 Å². The van der Waals surface area contributed by atoms with Gasteiger partial charge in [-0.2, -0.15) is 0 Å². The molecule has 0 bridgehead atoms. The molecule has 0 radical (unpaired) electrons. The summed E-state index contributed by atoms with van der Waals surface area (Å²) >= 11 is 2.26. The van der Waals surface area contributed by atoms with E-state index in [0.717, 1.165) is 5.56 Å². The number of hydrogen-bond acceptors (Lipinski definition) is 2. The zero-order valence-electron chi connectivity index (χ0n) is 8.90. The summed E-state index contributed by atoms with van der Waals surface area (Å²) in [6, 6.07) is 7.96. The molecule has 0 saturated heterocycles. The third-order valence-electron chi connectivity index (χ3n) is 2.46. The van der Waals surface area contributed by atoms with Crippen LogP contribution in [0.1, 0.15) is 25.5 Å². The first kappa shape index (κ1) is 15.2. The Hall–Kier alpha value is 0.160. The van der Waals surface area contributed by atoms with Gasteiger partial charge in [0.15, 0.2) is 0 Å². The van der Waals surface area contributed by atoms with Crippen LogP contribution in [-0.4, -0.2) is 11.7 Å². The third-order valence-corrected chi connectivity index (χ3v) is 3.13. The van der Waals surface area contributed by atoms with E-state index in [0.29, 0.717) is 0 Å². The van der Waals surface area contributed by atoms with Gasteiger partial charge in [-0.15, -0.1) is 12.4 Å². The van der Waals surface area contributed by atoms with Crippen LogP contribution in [0.5, 0.6) is 0 Å². The number of rotatable bonds is 3. The predicted octanol–water partition coefficient (Wildman–Crippen LogP) is 2.73. The second-order valence-electron chi connectivity index (χ2n) is 4.18. The summed E-state index contributed by atoms with van der Waals surface area (Å²) in [5.41, 5.74) is 6.90. The quantitative estimate of drug-likeness (QED) is 0.831. The van der Waals surface area contributed by atoms with Crippen LogP contribution in [0.25, 0.3) is 0 Å². The van der Waals surface area contributed by atoms with Gasteiger partial charge in [0.2, 0.25) is 0 Å². The summed E-state index contributed by atoms with van der Waals surface area (Å²) in [6.07, 6.45) is 0. The first-order valence-corrected chi connectivity index (χ1v) is 5.67. The largest absolute Gasteiger partial charge is 0.396 e. The fourth-order valence-corrected chi connectivity index (χ4v) is 1.82. The Labute approximate surface area is 111 Å². The molecule has 0 aliphatic carbocycles. The molecule has 86 valence electrons. The molecular weight excluding hydrogens is 324 g/mol. The van der Waals surface area contributed by atoms with Crippen LogP contribution in [0.3, 0.4) is 0 Å². The van der Waals surface area contributed by atoms with Crippen molar-refractivity contribution in [2.75, 3.05) is 6.61 Å². The Kier molecular flexibility index (Phi) is 6.10. The van der Waals surface area contributed by atoms with Gasteiger partial charge in [0.1, 0.15) is 0 Å². The lowest BCUT2D eigenvalue weighted by Gasteiger charge is -2.29. The molecule has 0 spiro atoms. The summed E-state index contributed by atoms with van der Waals surface area (Å²) in [5.74, 6) is 0. The van der Waals surface area contributed by atoms with Crippen LogP contribution >= 0.6 is 35.0 Å². The molecule has 3 N–H and O–H groups in total. The molecule has 1 aromatic carbocycles. The molecule has 1 atom stereocenters. The number of benzene rings is 1. The van der Waals surface area contributed by atoms with E-state index in [2.05, 4.69) is 28.7 Å². The average Bonchev–Trinajstić information content (AvgIpc) is 2.16. The molecular formula is C11H17ClINO. The number of nitrogens with two attached hydrogens (primary N) is 1. The minimum absolute atomic E-state index is 0. The van der Waals surface area contributed by atoms with Crippen LogP contribution < -0.4 is 5.73 Å². The minimum atomic E-state index is -0.273. The molecule has 0 aliphatic heterocycles. The molecule has 0 aromatic heterocycles. The second kappa shape index (κ2) is 6.03. The standard InChI is InChI=1S/C11H16INO.ClH/c1-11(2,7-14)10(13)8-4-3-5-9(12)6-8;/h3-6,10,14H,7,13H2,1-2H3;1H/t10-;/m0./s1. The molecule has 1 aromatic rings. The number of aliphatic hydroxyl groups excluding tert-OH is 1. The van der Waals surface area contributed by atoms with Gasteiger partial charge >= 0.3 is 0 Å². The van der Waals surface area contributed by atoms with E-state index in [-0.39, 0.29) is 30.5 Å². The van der Waals surface area contributed by atoms with E-state index >= 15 is 0 Å². The number of aliphatic hydroxyl groups is 1. The van der Waals surface area contributed by atoms with E-state index in [4.69, 9.17) is 5.73 Å². The van der Waals surface area contributed by atoms with Crippen molar-refractivity contribution in [3.63, 3.8) is 0 Å². The highest BCUT2D eigenvalue weighted by Crippen LogP contribution is 2.30. The molecule has 0 unspecified atom stereocenters. The van der Waals surface area contributed by atoms with Gasteiger partial charge in [-0.3, -0.25) is 0 Å². The number of halogens is 2. The fraction of sp³-hybridized carbons (Fsp3) is 0.455. The average molecular weight is 342 g/mol. The zero-order valence-corrected chi connectivity index (χ0v) is 11.9. The molecule has 0 heterocycles. The Balaban J connectivity index is 0.00000196. The van der Waals surface area contributed by atoms with Crippen molar-refractivity contribution < 1.29 is 5.11 Å². The normalized spacial score (nSPS) is 13.1. The molecule has 0 amide bonds. The molecule has 2 nitrogen and oxygen atoms in total. The van der Waals surface area contributed by atoms with Gasteiger partial charge in [-0.25, -0.2) is 0 Å². The van der Waals surface area contributed by atoms with E-state index in [1.165, 1.54) is 3.57 Å². The van der Waals surface area contributed by atoms with Gasteiger partial charge in [0.05, 0.1) is 0 Å². The summed E-state index contributed by atoms with van der Waals surface area (Å²) in [7, 11) is 0. The van der Waals surface area contributed by atoms with E-state index in [1.54, 1.807) is 0 Å². The predicted molar refractivity (Wildman–Crippen MR) is 74.2 cm³/mol. The molecule has 4 heteroatoms. The fourth-order valence-electron chi connectivity index (χ4n) is 1.25. The van der Waals surface area contributed by atoms with Crippen LogP contribution in [0, 0.1) is 8.99 Å². The van der Waals surface area contributed by atoms with Crippen molar-refractivity contribution in [2.24, 2.45) is 11.1 Å². The zero-order chi connectivity index (χ0) is 10.8. The van der Waals surface area contributed by atoms with Gasteiger partial charge in [0, 0.05) is 21.6 Å². The van der Waals surface area contributed by atoms with Gasteiger partial charge in [-0.1, -0.05) is 26.0 Å². The molecule has 0 saturated carbocycles. The van der Waals surface area contributed by atoms with Crippen LogP contribution in [0.4, 0.5) is 0 Å². The Morgan fingerprint density at radius 3 is 2.53 bits per heavy atom. The molecule has 15 heavy (non-hydrogen) atoms. The first-order valence-electron chi connectivity index (χ1n) is 4.59. The SMILES string of the molecule is CC(C)(CO)[C@@H](N)c1cccc(I)c1.Cl. The minimum Gasteiger partial charge on any atom is -0.396 e. The van der Waals surface area contributed by atoms with Gasteiger partial charge in [-0.05, 0) is 40.3 Å². The Bertz CT molecular complexity index is 317. The Morgan fingerprint density at radius 1 is 1.47 bits per heavy atom. The van der Waals surface area contributed by atoms with Crippen molar-refractivity contribution in [1.29, 1.82) is 0 Å². The smallest absolute Gasteiger partial charge is 0.0500 e. The molecule has 0 aliphatic rings. The lowest BCUT2D eigenvalue weighted by molar-refractivity contribution is 0.132. The maximum Gasteiger partial charge on any atom is 0.0500 e. The lowest BCUT2D eigenvalue weighted by atomic mass is 9.82. The summed E-state index contributed by atoms with van der Waals surface area (Å²) in [5, 5.41) is 9.21. The van der Waals surface area contributed by atoms with Gasteiger partial charge < -0.3 is 10.8 Å². The first-order chi connectivity index (χ1) is 6.47. The second-order valence-corrected chi connectivity index (χ2v) is 5.43. The monoisotopic (exact) mass is 341 g/mol. The molecule has 1 rings (SSSR count). The highest BCUT2D eigenvalue weighted by molar-refractivity contribution is 14.1. The lowest BCUT2D eigenvalue weighted by Crippen LogP contribution is -2.32. The number of hydrogen-bond donors (Lipinski definition) is 2. The van der Waals surface area contributed by atoms with Crippen molar-refractivity contribution in [1.82, 2.24) is 0 Å². The van der Waals surface area contributed by atoms with Crippen LogP contribution in [0.15, 0.2) is 24.3 Å². The summed E-state index contributed by atoms with van der Waals surface area (Å²) in [4.78, 5) is 0. The topological polar surface area (TPSA) is 46.2 Å². The summed E-state index contributed by atoms with van der Waals surface area (Å²) < 4.78 is 1.17. The Morgan fingerprint density at radius 2 is 2.07 bits per heavy atom. The van der Waals surface area contributed by atoms with Crippen molar-refractivity contribution in [2.45, 2.75) is 19.9 Å². The van der Waals surface area contributed by atoms with Crippen molar-refractivity contribution >= 4 is 35.0 Å². The van der Waals surface area contributed by atoms with E-state index in [1.807, 2.05) is 32.0 Å². The molecule has 0 fully saturated rings. The van der Waals surface area contributed by atoms with Crippen LogP contribution in [0.2, 0.25) is 0 Å². The maximum absolute atomic E-state index is 9.21. The highest BCUT2D eigenvalue weighted by Gasteiger charge is 2.26. The van der Waals surface area contributed by atoms with Crippen molar-refractivity contribution in [3.05, 3.63) is 33.4 Å². The maximum atomic E-state index is 9.21. The van der Waals surface area contributed by atoms with Crippen LogP contribution in [-0.2, 0) is 0 Å². The highest BCUT2D eigenvalue weighted by atomic mass is 127. The summed E-state index contributed by atoms with van der Waals surface area (Å²) in [6.45, 7) is 4.04. The van der Waals surface area contributed by atoms with E-state index < -0.39 is 0 Å². The third kappa shape index (κ3) is 3.90. The van der Waals surface area contributed by atoms with Gasteiger partial charge in [0.25, 0.3) is 0 Å². The van der Waals surface area contributed by atoms with Crippen molar-refractivity contribution in [3.8, 4) is 0 Å².